The van der Waals surface area contributed by atoms with Crippen LogP contribution in [0.15, 0.2) is 48.5 Å². The van der Waals surface area contributed by atoms with Gasteiger partial charge >= 0.3 is 0 Å². The molecule has 0 saturated carbocycles. The molecule has 1 N–H and O–H groups in total. The lowest BCUT2D eigenvalue weighted by atomic mass is 10.0. The Hall–Kier alpha value is -2.66. The Balaban J connectivity index is 1.59. The number of ether oxygens (including phenoxy) is 1. The number of hydrogen-bond donors (Lipinski definition) is 1. The second-order valence-electron chi connectivity index (χ2n) is 7.26. The van der Waals surface area contributed by atoms with Crippen molar-refractivity contribution >= 4 is 17.5 Å². The van der Waals surface area contributed by atoms with Gasteiger partial charge in [0, 0.05) is 17.8 Å². The van der Waals surface area contributed by atoms with Crippen LogP contribution in [0.1, 0.15) is 41.3 Å². The molecule has 5 heteroatoms. The van der Waals surface area contributed by atoms with Gasteiger partial charge in [0.15, 0.2) is 0 Å². The molecule has 2 amide bonds. The van der Waals surface area contributed by atoms with Crippen molar-refractivity contribution in [1.29, 1.82) is 0 Å². The number of aryl methyl sites for hydroxylation is 1. The van der Waals surface area contributed by atoms with Crippen molar-refractivity contribution in [2.45, 2.75) is 32.8 Å². The molecule has 27 heavy (non-hydrogen) atoms. The molecule has 1 saturated heterocycles. The first-order valence-corrected chi connectivity index (χ1v) is 9.31. The monoisotopic (exact) mass is 366 g/mol. The molecule has 3 rings (SSSR count). The lowest BCUT2D eigenvalue weighted by Gasteiger charge is -2.33. The van der Waals surface area contributed by atoms with Crippen molar-refractivity contribution in [3.05, 3.63) is 65.2 Å². The van der Waals surface area contributed by atoms with Gasteiger partial charge in [-0.3, -0.25) is 9.59 Å². The van der Waals surface area contributed by atoms with Gasteiger partial charge in [-0.05, 0) is 48.2 Å². The van der Waals surface area contributed by atoms with Crippen molar-refractivity contribution in [3.8, 4) is 0 Å². The van der Waals surface area contributed by atoms with Crippen LogP contribution in [0, 0.1) is 6.92 Å². The summed E-state index contributed by atoms with van der Waals surface area (Å²) >= 11 is 0. The first-order chi connectivity index (χ1) is 12.9. The third-order valence-corrected chi connectivity index (χ3v) is 4.77. The molecular formula is C22H26N2O3. The standard InChI is InChI=1S/C22H26N2O3/c1-15(2)17-7-9-18(10-8-17)22(26)23-12-20-13-24(21(25)14-27-20)19-6-4-5-16(3)11-19/h4-11,15,20H,12-14H2,1-3H3,(H,23,26). The number of carbonyl (C=O) groups is 2. The van der Waals surface area contributed by atoms with Crippen LogP contribution in [-0.4, -0.2) is 37.6 Å². The van der Waals surface area contributed by atoms with Crippen molar-refractivity contribution in [1.82, 2.24) is 5.32 Å². The highest BCUT2D eigenvalue weighted by Crippen LogP contribution is 2.20. The predicted molar refractivity (Wildman–Crippen MR) is 106 cm³/mol. The summed E-state index contributed by atoms with van der Waals surface area (Å²) in [5, 5.41) is 2.91. The van der Waals surface area contributed by atoms with Crippen molar-refractivity contribution in [2.75, 3.05) is 24.6 Å². The quantitative estimate of drug-likeness (QED) is 0.883. The molecule has 142 valence electrons. The molecule has 0 spiro atoms. The van der Waals surface area contributed by atoms with Crippen LogP contribution in [0.25, 0.3) is 0 Å². The van der Waals surface area contributed by atoms with Crippen molar-refractivity contribution < 1.29 is 14.3 Å². The molecule has 1 aliphatic rings. The average Bonchev–Trinajstić information content (AvgIpc) is 2.67. The third kappa shape index (κ3) is 4.74. The second kappa shape index (κ2) is 8.35. The van der Waals surface area contributed by atoms with Crippen molar-refractivity contribution in [3.63, 3.8) is 0 Å². The molecule has 1 heterocycles. The Morgan fingerprint density at radius 2 is 1.96 bits per heavy atom. The maximum Gasteiger partial charge on any atom is 0.253 e. The van der Waals surface area contributed by atoms with E-state index in [1.54, 1.807) is 4.90 Å². The highest BCUT2D eigenvalue weighted by molar-refractivity contribution is 5.95. The van der Waals surface area contributed by atoms with E-state index in [0.29, 0.717) is 24.6 Å². The van der Waals surface area contributed by atoms with Crippen molar-refractivity contribution in [2.24, 2.45) is 0 Å². The summed E-state index contributed by atoms with van der Waals surface area (Å²) < 4.78 is 5.60. The van der Waals surface area contributed by atoms with Gasteiger partial charge in [-0.2, -0.15) is 0 Å². The van der Waals surface area contributed by atoms with E-state index in [9.17, 15) is 9.59 Å². The van der Waals surface area contributed by atoms with E-state index in [-0.39, 0.29) is 24.5 Å². The first kappa shape index (κ1) is 19.1. The summed E-state index contributed by atoms with van der Waals surface area (Å²) in [7, 11) is 0. The lowest BCUT2D eigenvalue weighted by Crippen LogP contribution is -2.50. The van der Waals surface area contributed by atoms with E-state index < -0.39 is 0 Å². The average molecular weight is 366 g/mol. The smallest absolute Gasteiger partial charge is 0.253 e. The summed E-state index contributed by atoms with van der Waals surface area (Å²) in [6.45, 7) is 7.05. The van der Waals surface area contributed by atoms with E-state index in [4.69, 9.17) is 4.74 Å². The number of hydrogen-bond acceptors (Lipinski definition) is 3. The van der Waals surface area contributed by atoms with Crippen LogP contribution in [0.4, 0.5) is 5.69 Å². The molecule has 1 atom stereocenters. The Morgan fingerprint density at radius 1 is 1.22 bits per heavy atom. The molecule has 1 aliphatic heterocycles. The molecular weight excluding hydrogens is 340 g/mol. The SMILES string of the molecule is Cc1cccc(N2CC(CNC(=O)c3ccc(C(C)C)cc3)OCC2=O)c1. The van der Waals surface area contributed by atoms with E-state index in [1.165, 1.54) is 5.56 Å². The van der Waals surface area contributed by atoms with Gasteiger partial charge in [-0.15, -0.1) is 0 Å². The fourth-order valence-corrected chi connectivity index (χ4v) is 3.12. The number of amides is 2. The summed E-state index contributed by atoms with van der Waals surface area (Å²) in [5.74, 6) is 0.239. The van der Waals surface area contributed by atoms with E-state index in [1.807, 2.05) is 55.5 Å². The highest BCUT2D eigenvalue weighted by atomic mass is 16.5. The van der Waals surface area contributed by atoms with Crippen LogP contribution < -0.4 is 10.2 Å². The summed E-state index contributed by atoms with van der Waals surface area (Å²) in [6, 6.07) is 15.5. The Kier molecular flexibility index (Phi) is 5.91. The maximum atomic E-state index is 12.4. The molecule has 0 bridgehead atoms. The Bertz CT molecular complexity index is 815. The minimum absolute atomic E-state index is 0.0254. The third-order valence-electron chi connectivity index (χ3n) is 4.77. The molecule has 5 nitrogen and oxygen atoms in total. The largest absolute Gasteiger partial charge is 0.365 e. The van der Waals surface area contributed by atoms with Gasteiger partial charge in [0.05, 0.1) is 12.6 Å². The number of rotatable bonds is 5. The fraction of sp³-hybridized carbons (Fsp3) is 0.364. The maximum absolute atomic E-state index is 12.4. The molecule has 2 aromatic carbocycles. The molecule has 0 aromatic heterocycles. The van der Waals surface area contributed by atoms with E-state index in [2.05, 4.69) is 19.2 Å². The van der Waals surface area contributed by atoms with Gasteiger partial charge in [-0.25, -0.2) is 0 Å². The lowest BCUT2D eigenvalue weighted by molar-refractivity contribution is -0.129. The van der Waals surface area contributed by atoms with E-state index >= 15 is 0 Å². The summed E-state index contributed by atoms with van der Waals surface area (Å²) in [4.78, 5) is 26.3. The van der Waals surface area contributed by atoms with Gasteiger partial charge in [0.1, 0.15) is 6.61 Å². The van der Waals surface area contributed by atoms with Gasteiger partial charge in [-0.1, -0.05) is 38.1 Å². The van der Waals surface area contributed by atoms with Gasteiger partial charge in [0.25, 0.3) is 11.8 Å². The van der Waals surface area contributed by atoms with E-state index in [0.717, 1.165) is 11.3 Å². The molecule has 0 aliphatic carbocycles. The van der Waals surface area contributed by atoms with Crippen LogP contribution >= 0.6 is 0 Å². The topological polar surface area (TPSA) is 58.6 Å². The van der Waals surface area contributed by atoms with Crippen LogP contribution in [0.2, 0.25) is 0 Å². The Morgan fingerprint density at radius 3 is 2.63 bits per heavy atom. The number of nitrogens with one attached hydrogen (secondary N) is 1. The summed E-state index contributed by atoms with van der Waals surface area (Å²) in [5.41, 5.74) is 3.79. The Labute approximate surface area is 160 Å². The minimum atomic E-state index is -0.234. The highest BCUT2D eigenvalue weighted by Gasteiger charge is 2.27. The predicted octanol–water partition coefficient (Wildman–Crippen LogP) is 3.28. The normalized spacial score (nSPS) is 17.3. The van der Waals surface area contributed by atoms with Gasteiger partial charge < -0.3 is 15.0 Å². The number of anilines is 1. The van der Waals surface area contributed by atoms with Crippen LogP contribution in [-0.2, 0) is 9.53 Å². The zero-order chi connectivity index (χ0) is 19.4. The zero-order valence-electron chi connectivity index (χ0n) is 16.1. The molecule has 1 unspecified atom stereocenters. The fourth-order valence-electron chi connectivity index (χ4n) is 3.12. The number of nitrogens with zero attached hydrogens (tertiary/aromatic N) is 1. The zero-order valence-corrected chi connectivity index (χ0v) is 16.1. The number of carbonyl (C=O) groups excluding carboxylic acids is 2. The number of benzene rings is 2. The molecule has 0 radical (unpaired) electrons. The number of morpholine rings is 1. The summed E-state index contributed by atoms with van der Waals surface area (Å²) in [6.07, 6.45) is -0.234. The van der Waals surface area contributed by atoms with Crippen LogP contribution in [0.5, 0.6) is 0 Å². The minimum Gasteiger partial charge on any atom is -0.365 e. The second-order valence-corrected chi connectivity index (χ2v) is 7.26. The van der Waals surface area contributed by atoms with Crippen LogP contribution in [0.3, 0.4) is 0 Å². The molecule has 1 fully saturated rings. The van der Waals surface area contributed by atoms with Gasteiger partial charge in [0.2, 0.25) is 0 Å². The molecule has 2 aromatic rings. The first-order valence-electron chi connectivity index (χ1n) is 9.31.